The van der Waals surface area contributed by atoms with Crippen molar-refractivity contribution in [1.29, 1.82) is 0 Å². The molecule has 0 spiro atoms. The van der Waals surface area contributed by atoms with E-state index in [1.807, 2.05) is 12.3 Å². The van der Waals surface area contributed by atoms with Crippen LogP contribution in [0.3, 0.4) is 0 Å². The number of hydrogen-bond acceptors (Lipinski definition) is 3. The van der Waals surface area contributed by atoms with E-state index in [0.717, 1.165) is 43.4 Å². The molecule has 1 aromatic carbocycles. The number of aromatic nitrogens is 2. The van der Waals surface area contributed by atoms with Gasteiger partial charge in [0.2, 0.25) is 0 Å². The standard InChI is InChI=1S/C25H37FN2O/c1-3-5-7-8-9-10-11-12-14-22-19-28-24(20-27-22)21-15-16-25(23(26)18-21)29-17-13-6-4-2/h15-16,18-20H,3-14,17H2,1-2H3. The molecule has 0 atom stereocenters. The van der Waals surface area contributed by atoms with Gasteiger partial charge in [-0.1, -0.05) is 71.6 Å². The van der Waals surface area contributed by atoms with E-state index >= 15 is 0 Å². The largest absolute Gasteiger partial charge is 0.491 e. The number of hydrogen-bond donors (Lipinski definition) is 0. The molecule has 0 aliphatic heterocycles. The van der Waals surface area contributed by atoms with Crippen LogP contribution >= 0.6 is 0 Å². The topological polar surface area (TPSA) is 35.0 Å². The Morgan fingerprint density at radius 3 is 2.14 bits per heavy atom. The monoisotopic (exact) mass is 400 g/mol. The van der Waals surface area contributed by atoms with Crippen LogP contribution in [-0.4, -0.2) is 16.6 Å². The fourth-order valence-corrected chi connectivity index (χ4v) is 3.38. The summed E-state index contributed by atoms with van der Waals surface area (Å²) in [5.74, 6) is -0.0343. The van der Waals surface area contributed by atoms with Gasteiger partial charge in [-0.15, -0.1) is 0 Å². The van der Waals surface area contributed by atoms with Crippen molar-refractivity contribution in [1.82, 2.24) is 9.97 Å². The van der Waals surface area contributed by atoms with E-state index in [1.165, 1.54) is 51.0 Å². The minimum absolute atomic E-state index is 0.309. The van der Waals surface area contributed by atoms with Gasteiger partial charge >= 0.3 is 0 Å². The van der Waals surface area contributed by atoms with Crippen LogP contribution in [0, 0.1) is 5.82 Å². The van der Waals surface area contributed by atoms with E-state index < -0.39 is 0 Å². The molecule has 29 heavy (non-hydrogen) atoms. The van der Waals surface area contributed by atoms with Crippen molar-refractivity contribution < 1.29 is 9.13 Å². The van der Waals surface area contributed by atoms with E-state index in [1.54, 1.807) is 12.3 Å². The summed E-state index contributed by atoms with van der Waals surface area (Å²) in [4.78, 5) is 9.00. The average Bonchev–Trinajstić information content (AvgIpc) is 2.74. The summed E-state index contributed by atoms with van der Waals surface area (Å²) >= 11 is 0. The number of ether oxygens (including phenoxy) is 1. The van der Waals surface area contributed by atoms with Gasteiger partial charge in [-0.2, -0.15) is 0 Å². The maximum absolute atomic E-state index is 14.3. The Labute approximate surface area is 176 Å². The lowest BCUT2D eigenvalue weighted by Crippen LogP contribution is -1.99. The first-order valence-corrected chi connectivity index (χ1v) is 11.5. The number of halogens is 1. The van der Waals surface area contributed by atoms with Crippen LogP contribution in [0.15, 0.2) is 30.6 Å². The van der Waals surface area contributed by atoms with Crippen molar-refractivity contribution in [2.75, 3.05) is 6.61 Å². The predicted molar refractivity (Wildman–Crippen MR) is 119 cm³/mol. The van der Waals surface area contributed by atoms with Gasteiger partial charge in [0, 0.05) is 11.8 Å². The molecule has 0 N–H and O–H groups in total. The summed E-state index contributed by atoms with van der Waals surface area (Å²) in [6.45, 7) is 4.94. The zero-order valence-electron chi connectivity index (χ0n) is 18.3. The first-order valence-electron chi connectivity index (χ1n) is 11.5. The number of unbranched alkanes of at least 4 members (excludes halogenated alkanes) is 9. The Kier molecular flexibility index (Phi) is 11.3. The number of rotatable bonds is 15. The molecule has 0 radical (unpaired) electrons. The Bertz CT molecular complexity index is 688. The number of aryl methyl sites for hydroxylation is 1. The summed E-state index contributed by atoms with van der Waals surface area (Å²) < 4.78 is 19.8. The molecule has 0 amide bonds. The van der Waals surface area contributed by atoms with Crippen molar-refractivity contribution in [3.05, 3.63) is 42.1 Å². The molecule has 1 heterocycles. The molecule has 0 aliphatic carbocycles. The highest BCUT2D eigenvalue weighted by molar-refractivity contribution is 5.59. The molecule has 0 fully saturated rings. The summed E-state index contributed by atoms with van der Waals surface area (Å²) in [5, 5.41) is 0. The second kappa shape index (κ2) is 14.1. The summed E-state index contributed by atoms with van der Waals surface area (Å²) in [7, 11) is 0. The fourth-order valence-electron chi connectivity index (χ4n) is 3.38. The van der Waals surface area contributed by atoms with Crippen LogP contribution in [0.2, 0.25) is 0 Å². The lowest BCUT2D eigenvalue weighted by molar-refractivity contribution is 0.291. The third-order valence-corrected chi connectivity index (χ3v) is 5.22. The van der Waals surface area contributed by atoms with Gasteiger partial charge in [0.15, 0.2) is 11.6 Å². The van der Waals surface area contributed by atoms with Gasteiger partial charge in [-0.05, 0) is 37.5 Å². The van der Waals surface area contributed by atoms with E-state index in [-0.39, 0.29) is 5.82 Å². The Morgan fingerprint density at radius 1 is 0.793 bits per heavy atom. The molecule has 3 nitrogen and oxygen atoms in total. The summed E-state index contributed by atoms with van der Waals surface area (Å²) in [5.41, 5.74) is 2.44. The molecule has 2 aromatic rings. The molecule has 0 unspecified atom stereocenters. The van der Waals surface area contributed by atoms with Gasteiger partial charge in [0.05, 0.1) is 24.2 Å². The number of nitrogens with zero attached hydrogens (tertiary/aromatic N) is 2. The zero-order valence-corrected chi connectivity index (χ0v) is 18.3. The maximum atomic E-state index is 14.3. The lowest BCUT2D eigenvalue weighted by atomic mass is 10.1. The van der Waals surface area contributed by atoms with E-state index in [9.17, 15) is 4.39 Å². The molecule has 0 saturated carbocycles. The van der Waals surface area contributed by atoms with Crippen molar-refractivity contribution in [3.63, 3.8) is 0 Å². The highest BCUT2D eigenvalue weighted by atomic mass is 19.1. The molecule has 0 bridgehead atoms. The predicted octanol–water partition coefficient (Wildman–Crippen LogP) is 7.53. The van der Waals surface area contributed by atoms with Crippen molar-refractivity contribution in [2.45, 2.75) is 90.9 Å². The summed E-state index contributed by atoms with van der Waals surface area (Å²) in [6, 6.07) is 5.02. The second-order valence-corrected chi connectivity index (χ2v) is 7.82. The normalized spacial score (nSPS) is 11.0. The van der Waals surface area contributed by atoms with E-state index in [0.29, 0.717) is 18.1 Å². The lowest BCUT2D eigenvalue weighted by Gasteiger charge is -2.08. The fraction of sp³-hybridized carbons (Fsp3) is 0.600. The van der Waals surface area contributed by atoms with Crippen LogP contribution in [0.4, 0.5) is 4.39 Å². The first-order chi connectivity index (χ1) is 14.2. The van der Waals surface area contributed by atoms with Gasteiger partial charge in [0.25, 0.3) is 0 Å². The zero-order chi connectivity index (χ0) is 20.7. The maximum Gasteiger partial charge on any atom is 0.165 e. The molecule has 0 saturated heterocycles. The van der Waals surface area contributed by atoms with E-state index in [2.05, 4.69) is 23.8 Å². The van der Waals surface area contributed by atoms with E-state index in [4.69, 9.17) is 4.74 Å². The molecular weight excluding hydrogens is 363 g/mol. The van der Waals surface area contributed by atoms with Crippen molar-refractivity contribution in [2.24, 2.45) is 0 Å². The van der Waals surface area contributed by atoms with Gasteiger partial charge in [-0.25, -0.2) is 4.39 Å². The highest BCUT2D eigenvalue weighted by Crippen LogP contribution is 2.24. The van der Waals surface area contributed by atoms with Gasteiger partial charge in [-0.3, -0.25) is 9.97 Å². The molecule has 160 valence electrons. The van der Waals surface area contributed by atoms with Crippen LogP contribution < -0.4 is 4.74 Å². The Hall–Kier alpha value is -1.97. The second-order valence-electron chi connectivity index (χ2n) is 7.82. The Balaban J connectivity index is 1.75. The van der Waals surface area contributed by atoms with Crippen LogP contribution in [0.1, 0.15) is 90.2 Å². The minimum Gasteiger partial charge on any atom is -0.491 e. The number of benzene rings is 1. The quantitative estimate of drug-likeness (QED) is 0.290. The molecule has 4 heteroatoms. The van der Waals surface area contributed by atoms with Gasteiger partial charge in [0.1, 0.15) is 0 Å². The van der Waals surface area contributed by atoms with Crippen molar-refractivity contribution >= 4 is 0 Å². The van der Waals surface area contributed by atoms with Crippen molar-refractivity contribution in [3.8, 4) is 17.0 Å². The smallest absolute Gasteiger partial charge is 0.165 e. The SMILES string of the molecule is CCCCCCCCCCc1cnc(-c2ccc(OCCCCC)c(F)c2)cn1. The molecular formula is C25H37FN2O. The third kappa shape index (κ3) is 8.93. The minimum atomic E-state index is -0.344. The van der Waals surface area contributed by atoms with Crippen LogP contribution in [0.25, 0.3) is 11.3 Å². The Morgan fingerprint density at radius 2 is 1.48 bits per heavy atom. The average molecular weight is 401 g/mol. The molecule has 2 rings (SSSR count). The molecule has 0 aliphatic rings. The van der Waals surface area contributed by atoms with Crippen LogP contribution in [0.5, 0.6) is 5.75 Å². The van der Waals surface area contributed by atoms with Crippen LogP contribution in [-0.2, 0) is 6.42 Å². The molecule has 1 aromatic heterocycles. The highest BCUT2D eigenvalue weighted by Gasteiger charge is 2.08. The summed E-state index contributed by atoms with van der Waals surface area (Å²) in [6.07, 6.45) is 18.1. The first kappa shape index (κ1) is 23.3. The third-order valence-electron chi connectivity index (χ3n) is 5.22. The van der Waals surface area contributed by atoms with Gasteiger partial charge < -0.3 is 4.74 Å².